The summed E-state index contributed by atoms with van der Waals surface area (Å²) in [6.07, 6.45) is 6.66. The smallest absolute Gasteiger partial charge is 0.253 e. The van der Waals surface area contributed by atoms with Crippen LogP contribution in [0, 0.1) is 0 Å². The van der Waals surface area contributed by atoms with E-state index in [4.69, 9.17) is 0 Å². The Morgan fingerprint density at radius 1 is 1.05 bits per heavy atom. The van der Waals surface area contributed by atoms with Gasteiger partial charge in [-0.3, -0.25) is 4.79 Å². The van der Waals surface area contributed by atoms with E-state index in [1.165, 1.54) is 23.1 Å². The first-order valence-corrected chi connectivity index (χ1v) is 7.32. The molecule has 0 N–H and O–H groups in total. The van der Waals surface area contributed by atoms with Crippen LogP contribution in [0.25, 0.3) is 0 Å². The Morgan fingerprint density at radius 2 is 1.84 bits per heavy atom. The van der Waals surface area contributed by atoms with Gasteiger partial charge < -0.3 is 4.90 Å². The number of amides is 1. The lowest BCUT2D eigenvalue weighted by Crippen LogP contribution is -2.35. The molecule has 2 aliphatic rings. The molecular weight excluding hydrogens is 234 g/mol. The standard InChI is InChI=1S/C17H21NO/c1-13-5-6-14-7-8-15(12-16(14)11-13)17(19)18-9-3-2-4-10-18/h7-8,12H,1-6,9-11H2. The first-order chi connectivity index (χ1) is 9.24. The molecule has 0 spiro atoms. The predicted octanol–water partition coefficient (Wildman–Crippen LogP) is 3.36. The van der Waals surface area contributed by atoms with Crippen molar-refractivity contribution in [1.82, 2.24) is 4.90 Å². The third-order valence-electron chi connectivity index (χ3n) is 4.28. The van der Waals surface area contributed by atoms with Crippen LogP contribution < -0.4 is 0 Å². The van der Waals surface area contributed by atoms with Crippen molar-refractivity contribution in [3.8, 4) is 0 Å². The number of hydrogen-bond acceptors (Lipinski definition) is 1. The molecule has 100 valence electrons. The number of nitrogens with zero attached hydrogens (tertiary/aromatic N) is 1. The fourth-order valence-electron chi connectivity index (χ4n) is 3.12. The molecule has 0 unspecified atom stereocenters. The van der Waals surface area contributed by atoms with Gasteiger partial charge in [0, 0.05) is 18.7 Å². The minimum atomic E-state index is 0.207. The minimum Gasteiger partial charge on any atom is -0.339 e. The normalized spacial score (nSPS) is 19.2. The molecule has 3 rings (SSSR count). The van der Waals surface area contributed by atoms with Crippen LogP contribution in [0.3, 0.4) is 0 Å². The molecule has 0 saturated carbocycles. The molecule has 1 aromatic carbocycles. The van der Waals surface area contributed by atoms with E-state index in [0.29, 0.717) is 0 Å². The number of fused-ring (bicyclic) bond motifs is 1. The van der Waals surface area contributed by atoms with E-state index < -0.39 is 0 Å². The SMILES string of the molecule is C=C1CCc2ccc(C(=O)N3CCCCC3)cc2C1. The summed E-state index contributed by atoms with van der Waals surface area (Å²) in [5, 5.41) is 0. The van der Waals surface area contributed by atoms with Crippen molar-refractivity contribution in [3.63, 3.8) is 0 Å². The van der Waals surface area contributed by atoms with Crippen LogP contribution in [-0.2, 0) is 12.8 Å². The molecule has 1 aromatic rings. The molecule has 19 heavy (non-hydrogen) atoms. The largest absolute Gasteiger partial charge is 0.339 e. The molecule has 2 nitrogen and oxygen atoms in total. The van der Waals surface area contributed by atoms with Crippen LogP contribution in [0.5, 0.6) is 0 Å². The molecule has 0 bridgehead atoms. The van der Waals surface area contributed by atoms with Gasteiger partial charge in [-0.25, -0.2) is 0 Å². The van der Waals surface area contributed by atoms with Crippen molar-refractivity contribution in [2.45, 2.75) is 38.5 Å². The Labute approximate surface area is 115 Å². The Hall–Kier alpha value is -1.57. The highest BCUT2D eigenvalue weighted by molar-refractivity contribution is 5.94. The van der Waals surface area contributed by atoms with Gasteiger partial charge in [-0.2, -0.15) is 0 Å². The Balaban J connectivity index is 1.83. The van der Waals surface area contributed by atoms with Gasteiger partial charge in [0.05, 0.1) is 0 Å². The van der Waals surface area contributed by atoms with Crippen molar-refractivity contribution in [1.29, 1.82) is 0 Å². The maximum absolute atomic E-state index is 12.5. The van der Waals surface area contributed by atoms with Gasteiger partial charge >= 0.3 is 0 Å². The van der Waals surface area contributed by atoms with Gasteiger partial charge in [0.1, 0.15) is 0 Å². The molecule has 1 aliphatic heterocycles. The highest BCUT2D eigenvalue weighted by Gasteiger charge is 2.20. The van der Waals surface area contributed by atoms with Gasteiger partial charge in [-0.15, -0.1) is 0 Å². The highest BCUT2D eigenvalue weighted by Crippen LogP contribution is 2.25. The number of allylic oxidation sites excluding steroid dienone is 1. The van der Waals surface area contributed by atoms with E-state index in [1.54, 1.807) is 0 Å². The van der Waals surface area contributed by atoms with Crippen LogP contribution in [0.15, 0.2) is 30.4 Å². The average molecular weight is 255 g/mol. The zero-order valence-corrected chi connectivity index (χ0v) is 11.5. The summed E-state index contributed by atoms with van der Waals surface area (Å²) >= 11 is 0. The maximum Gasteiger partial charge on any atom is 0.253 e. The van der Waals surface area contributed by atoms with E-state index in [2.05, 4.69) is 18.7 Å². The topological polar surface area (TPSA) is 20.3 Å². The number of carbonyl (C=O) groups is 1. The molecule has 1 heterocycles. The average Bonchev–Trinajstić information content (AvgIpc) is 2.46. The predicted molar refractivity (Wildman–Crippen MR) is 77.4 cm³/mol. The van der Waals surface area contributed by atoms with Gasteiger partial charge in [0.15, 0.2) is 0 Å². The van der Waals surface area contributed by atoms with Crippen molar-refractivity contribution in [2.75, 3.05) is 13.1 Å². The quantitative estimate of drug-likeness (QED) is 0.705. The van der Waals surface area contributed by atoms with E-state index in [0.717, 1.165) is 50.8 Å². The third-order valence-corrected chi connectivity index (χ3v) is 4.28. The van der Waals surface area contributed by atoms with Gasteiger partial charge in [0.2, 0.25) is 0 Å². The second kappa shape index (κ2) is 5.20. The molecule has 1 amide bonds. The molecule has 1 saturated heterocycles. The number of benzene rings is 1. The van der Waals surface area contributed by atoms with Crippen LogP contribution in [0.2, 0.25) is 0 Å². The summed E-state index contributed by atoms with van der Waals surface area (Å²) in [5.74, 6) is 0.207. The minimum absolute atomic E-state index is 0.207. The van der Waals surface area contributed by atoms with Crippen LogP contribution in [0.4, 0.5) is 0 Å². The molecule has 1 aliphatic carbocycles. The van der Waals surface area contributed by atoms with Crippen LogP contribution in [-0.4, -0.2) is 23.9 Å². The zero-order valence-electron chi connectivity index (χ0n) is 11.5. The zero-order chi connectivity index (χ0) is 13.2. The molecule has 1 fully saturated rings. The van der Waals surface area contributed by atoms with Crippen molar-refractivity contribution in [2.24, 2.45) is 0 Å². The van der Waals surface area contributed by atoms with Crippen LogP contribution >= 0.6 is 0 Å². The first kappa shape index (κ1) is 12.5. The van der Waals surface area contributed by atoms with Crippen molar-refractivity contribution in [3.05, 3.63) is 47.0 Å². The Kier molecular flexibility index (Phi) is 3.41. The van der Waals surface area contributed by atoms with Gasteiger partial charge in [0.25, 0.3) is 5.91 Å². The fourth-order valence-corrected chi connectivity index (χ4v) is 3.12. The summed E-state index contributed by atoms with van der Waals surface area (Å²) in [6.45, 7) is 5.92. The van der Waals surface area contributed by atoms with Gasteiger partial charge in [-0.1, -0.05) is 18.2 Å². The number of aryl methyl sites for hydroxylation is 1. The fraction of sp³-hybridized carbons (Fsp3) is 0.471. The highest BCUT2D eigenvalue weighted by atomic mass is 16.2. The maximum atomic E-state index is 12.5. The van der Waals surface area contributed by atoms with E-state index in [1.807, 2.05) is 11.0 Å². The number of rotatable bonds is 1. The van der Waals surface area contributed by atoms with Crippen LogP contribution in [0.1, 0.15) is 47.2 Å². The van der Waals surface area contributed by atoms with E-state index in [9.17, 15) is 4.79 Å². The summed E-state index contributed by atoms with van der Waals surface area (Å²) in [5.41, 5.74) is 4.84. The number of likely N-dealkylation sites (tertiary alicyclic amines) is 1. The summed E-state index contributed by atoms with van der Waals surface area (Å²) in [4.78, 5) is 14.5. The van der Waals surface area contributed by atoms with E-state index in [-0.39, 0.29) is 5.91 Å². The molecule has 0 aromatic heterocycles. The monoisotopic (exact) mass is 255 g/mol. The van der Waals surface area contributed by atoms with Crippen molar-refractivity contribution >= 4 is 5.91 Å². The van der Waals surface area contributed by atoms with E-state index >= 15 is 0 Å². The lowest BCUT2D eigenvalue weighted by Gasteiger charge is -2.27. The molecule has 0 atom stereocenters. The first-order valence-electron chi connectivity index (χ1n) is 7.32. The Morgan fingerprint density at radius 3 is 2.63 bits per heavy atom. The summed E-state index contributed by atoms with van der Waals surface area (Å²) in [7, 11) is 0. The summed E-state index contributed by atoms with van der Waals surface area (Å²) < 4.78 is 0. The number of hydrogen-bond donors (Lipinski definition) is 0. The second-order valence-corrected chi connectivity index (χ2v) is 5.76. The Bertz CT molecular complexity index is 512. The lowest BCUT2D eigenvalue weighted by molar-refractivity contribution is 0.0724. The van der Waals surface area contributed by atoms with Gasteiger partial charge in [-0.05, 0) is 61.8 Å². The number of piperidine rings is 1. The molecule has 2 heteroatoms. The molecule has 0 radical (unpaired) electrons. The number of carbonyl (C=O) groups excluding carboxylic acids is 1. The van der Waals surface area contributed by atoms with Crippen molar-refractivity contribution < 1.29 is 4.79 Å². The lowest BCUT2D eigenvalue weighted by atomic mass is 9.87. The second-order valence-electron chi connectivity index (χ2n) is 5.76. The summed E-state index contributed by atoms with van der Waals surface area (Å²) in [6, 6.07) is 6.24. The third kappa shape index (κ3) is 2.58. The molecular formula is C17H21NO.